The second kappa shape index (κ2) is 7.11. The Morgan fingerprint density at radius 3 is 2.95 bits per heavy atom. The van der Waals surface area contributed by atoms with Crippen LogP contribution in [-0.4, -0.2) is 34.7 Å². The zero-order valence-corrected chi connectivity index (χ0v) is 13.3. The minimum atomic E-state index is -0.258. The lowest BCUT2D eigenvalue weighted by Gasteiger charge is -2.06. The standard InChI is InChI=1S/C16H26N4O2/c1-2-3-4-9-17-16(21)22-10-13-11-5-7-14-15(19-20-18-14)8-6-12(11)13/h11-13H,2-10H2,1H3,(H,17,21)(H,18,19,20)/t11-,12?,13-/m0/s1. The van der Waals surface area contributed by atoms with Gasteiger partial charge >= 0.3 is 6.09 Å². The fourth-order valence-electron chi connectivity index (χ4n) is 3.70. The molecular weight excluding hydrogens is 280 g/mol. The van der Waals surface area contributed by atoms with Gasteiger partial charge in [-0.3, -0.25) is 5.10 Å². The van der Waals surface area contributed by atoms with Crippen molar-refractivity contribution in [2.24, 2.45) is 17.8 Å². The summed E-state index contributed by atoms with van der Waals surface area (Å²) in [4.78, 5) is 11.7. The van der Waals surface area contributed by atoms with Crippen LogP contribution in [0.5, 0.6) is 0 Å². The highest BCUT2D eigenvalue weighted by Crippen LogP contribution is 2.52. The number of carbonyl (C=O) groups excluding carboxylic acids is 1. The highest BCUT2D eigenvalue weighted by atomic mass is 16.5. The number of hydrogen-bond donors (Lipinski definition) is 2. The van der Waals surface area contributed by atoms with Gasteiger partial charge in [-0.2, -0.15) is 0 Å². The lowest BCUT2D eigenvalue weighted by Crippen LogP contribution is -2.26. The van der Waals surface area contributed by atoms with E-state index >= 15 is 0 Å². The molecule has 0 bridgehead atoms. The first-order valence-corrected chi connectivity index (χ1v) is 8.59. The number of rotatable bonds is 6. The number of H-pyrrole nitrogens is 1. The maximum Gasteiger partial charge on any atom is 0.407 e. The van der Waals surface area contributed by atoms with Crippen LogP contribution in [-0.2, 0) is 17.6 Å². The van der Waals surface area contributed by atoms with Crippen LogP contribution in [0.2, 0.25) is 0 Å². The summed E-state index contributed by atoms with van der Waals surface area (Å²) in [6.07, 6.45) is 7.37. The molecule has 0 saturated heterocycles. The van der Waals surface area contributed by atoms with Crippen molar-refractivity contribution in [3.63, 3.8) is 0 Å². The van der Waals surface area contributed by atoms with Gasteiger partial charge in [0.1, 0.15) is 0 Å². The molecule has 122 valence electrons. The first kappa shape index (κ1) is 15.3. The summed E-state index contributed by atoms with van der Waals surface area (Å²) in [5.74, 6) is 1.93. The Labute approximate surface area is 131 Å². The number of ether oxygens (including phenoxy) is 1. The monoisotopic (exact) mass is 306 g/mol. The number of alkyl carbamates (subject to hydrolysis) is 1. The van der Waals surface area contributed by atoms with Crippen molar-refractivity contribution < 1.29 is 9.53 Å². The number of unbranched alkanes of at least 4 members (excludes halogenated alkanes) is 2. The van der Waals surface area contributed by atoms with Crippen LogP contribution in [0.3, 0.4) is 0 Å². The van der Waals surface area contributed by atoms with Gasteiger partial charge in [-0.25, -0.2) is 4.79 Å². The molecule has 6 nitrogen and oxygen atoms in total. The zero-order chi connectivity index (χ0) is 15.4. The number of hydrogen-bond acceptors (Lipinski definition) is 4. The maximum absolute atomic E-state index is 11.7. The van der Waals surface area contributed by atoms with E-state index in [0.29, 0.717) is 24.4 Å². The number of aryl methyl sites for hydroxylation is 2. The molecule has 0 aromatic carbocycles. The molecule has 0 aliphatic heterocycles. The number of nitrogens with one attached hydrogen (secondary N) is 2. The summed E-state index contributed by atoms with van der Waals surface area (Å²) in [5, 5.41) is 13.9. The van der Waals surface area contributed by atoms with Gasteiger partial charge in [0.25, 0.3) is 0 Å². The van der Waals surface area contributed by atoms with Crippen LogP contribution in [0.15, 0.2) is 0 Å². The maximum atomic E-state index is 11.7. The molecule has 2 aliphatic rings. The van der Waals surface area contributed by atoms with E-state index in [9.17, 15) is 4.79 Å². The van der Waals surface area contributed by atoms with Gasteiger partial charge in [-0.05, 0) is 49.9 Å². The third-order valence-electron chi connectivity index (χ3n) is 5.11. The molecule has 1 amide bonds. The van der Waals surface area contributed by atoms with Crippen molar-refractivity contribution in [3.8, 4) is 0 Å². The molecule has 2 aliphatic carbocycles. The van der Waals surface area contributed by atoms with Crippen LogP contribution < -0.4 is 5.32 Å². The summed E-state index contributed by atoms with van der Waals surface area (Å²) in [7, 11) is 0. The van der Waals surface area contributed by atoms with E-state index in [1.807, 2.05) is 0 Å². The fraction of sp³-hybridized carbons (Fsp3) is 0.812. The van der Waals surface area contributed by atoms with E-state index in [1.165, 1.54) is 5.69 Å². The molecule has 0 radical (unpaired) electrons. The van der Waals surface area contributed by atoms with E-state index in [0.717, 1.165) is 57.2 Å². The van der Waals surface area contributed by atoms with Crippen LogP contribution >= 0.6 is 0 Å². The Bertz CT molecular complexity index is 474. The normalized spacial score (nSPS) is 26.3. The Morgan fingerprint density at radius 2 is 2.14 bits per heavy atom. The number of fused-ring (bicyclic) bond motifs is 2. The van der Waals surface area contributed by atoms with E-state index in [2.05, 4.69) is 27.7 Å². The minimum absolute atomic E-state index is 0.258. The van der Waals surface area contributed by atoms with Crippen LogP contribution in [0.4, 0.5) is 4.79 Å². The highest BCUT2D eigenvalue weighted by Gasteiger charge is 2.50. The SMILES string of the molecule is CCCCCNC(=O)OC[C@@H]1C2CCc3nn[nH]c3CC[C@@H]21. The molecule has 1 heterocycles. The second-order valence-electron chi connectivity index (χ2n) is 6.54. The lowest BCUT2D eigenvalue weighted by atomic mass is 10.0. The summed E-state index contributed by atoms with van der Waals surface area (Å²) in [5.41, 5.74) is 2.32. The second-order valence-corrected chi connectivity index (χ2v) is 6.54. The van der Waals surface area contributed by atoms with Gasteiger partial charge in [0.05, 0.1) is 18.0 Å². The van der Waals surface area contributed by atoms with Crippen molar-refractivity contribution in [1.82, 2.24) is 20.7 Å². The summed E-state index contributed by atoms with van der Waals surface area (Å²) in [6.45, 7) is 3.44. The molecule has 6 heteroatoms. The van der Waals surface area contributed by atoms with Crippen molar-refractivity contribution >= 4 is 6.09 Å². The summed E-state index contributed by atoms with van der Waals surface area (Å²) >= 11 is 0. The molecule has 22 heavy (non-hydrogen) atoms. The number of carbonyl (C=O) groups is 1. The molecule has 0 spiro atoms. The van der Waals surface area contributed by atoms with E-state index in [4.69, 9.17) is 4.74 Å². The van der Waals surface area contributed by atoms with Gasteiger partial charge in [0.2, 0.25) is 0 Å². The smallest absolute Gasteiger partial charge is 0.407 e. The predicted octanol–water partition coefficient (Wildman–Crippen LogP) is 2.46. The quantitative estimate of drug-likeness (QED) is 0.791. The number of aromatic amines is 1. The van der Waals surface area contributed by atoms with Gasteiger partial charge in [-0.15, -0.1) is 5.10 Å². The molecule has 1 unspecified atom stereocenters. The third-order valence-corrected chi connectivity index (χ3v) is 5.11. The van der Waals surface area contributed by atoms with Crippen LogP contribution in [0.25, 0.3) is 0 Å². The number of nitrogens with zero attached hydrogens (tertiary/aromatic N) is 2. The molecule has 1 saturated carbocycles. The molecule has 3 atom stereocenters. The van der Waals surface area contributed by atoms with Gasteiger partial charge in [0.15, 0.2) is 0 Å². The molecule has 1 aromatic rings. The van der Waals surface area contributed by atoms with Crippen molar-refractivity contribution in [3.05, 3.63) is 11.4 Å². The fourth-order valence-corrected chi connectivity index (χ4v) is 3.70. The Kier molecular flexibility index (Phi) is 4.95. The lowest BCUT2D eigenvalue weighted by molar-refractivity contribution is 0.137. The molecule has 1 aromatic heterocycles. The average molecular weight is 306 g/mol. The molecule has 2 N–H and O–H groups in total. The van der Waals surface area contributed by atoms with Gasteiger partial charge in [-0.1, -0.05) is 25.0 Å². The van der Waals surface area contributed by atoms with Crippen LogP contribution in [0.1, 0.15) is 50.4 Å². The van der Waals surface area contributed by atoms with Crippen LogP contribution in [0, 0.1) is 17.8 Å². The van der Waals surface area contributed by atoms with E-state index in [-0.39, 0.29) is 6.09 Å². The van der Waals surface area contributed by atoms with Crippen molar-refractivity contribution in [2.75, 3.05) is 13.2 Å². The molecular formula is C16H26N4O2. The summed E-state index contributed by atoms with van der Waals surface area (Å²) in [6, 6.07) is 0. The number of amides is 1. The first-order chi connectivity index (χ1) is 10.8. The Morgan fingerprint density at radius 1 is 1.32 bits per heavy atom. The van der Waals surface area contributed by atoms with Gasteiger partial charge in [0, 0.05) is 6.54 Å². The summed E-state index contributed by atoms with van der Waals surface area (Å²) < 4.78 is 5.39. The first-order valence-electron chi connectivity index (χ1n) is 8.59. The predicted molar refractivity (Wildman–Crippen MR) is 82.4 cm³/mol. The Hall–Kier alpha value is -1.59. The minimum Gasteiger partial charge on any atom is -0.449 e. The largest absolute Gasteiger partial charge is 0.449 e. The Balaban J connectivity index is 1.37. The van der Waals surface area contributed by atoms with E-state index < -0.39 is 0 Å². The molecule has 3 rings (SSSR count). The van der Waals surface area contributed by atoms with Crippen molar-refractivity contribution in [1.29, 1.82) is 0 Å². The van der Waals surface area contributed by atoms with Crippen molar-refractivity contribution in [2.45, 2.75) is 51.9 Å². The van der Waals surface area contributed by atoms with E-state index in [1.54, 1.807) is 0 Å². The topological polar surface area (TPSA) is 79.9 Å². The average Bonchev–Trinajstić information content (AvgIpc) is 2.96. The molecule has 1 fully saturated rings. The number of aromatic nitrogens is 3. The highest BCUT2D eigenvalue weighted by molar-refractivity contribution is 5.67. The third kappa shape index (κ3) is 3.59. The van der Waals surface area contributed by atoms with Gasteiger partial charge < -0.3 is 10.1 Å². The zero-order valence-electron chi connectivity index (χ0n) is 13.3.